The van der Waals surface area contributed by atoms with Gasteiger partial charge in [0.15, 0.2) is 0 Å². The third-order valence-electron chi connectivity index (χ3n) is 7.51. The molecule has 10 nitrogen and oxygen atoms in total. The van der Waals surface area contributed by atoms with Crippen molar-refractivity contribution in [1.29, 1.82) is 0 Å². The summed E-state index contributed by atoms with van der Waals surface area (Å²) in [6.07, 6.45) is 18.6. The Labute approximate surface area is 291 Å². The highest BCUT2D eigenvalue weighted by Gasteiger charge is 1.98. The molecular formula is C38H68O10. The third-order valence-corrected chi connectivity index (χ3v) is 7.51. The predicted molar refractivity (Wildman–Crippen MR) is 190 cm³/mol. The number of aldehydes is 1. The van der Waals surface area contributed by atoms with Gasteiger partial charge in [0.25, 0.3) is 0 Å². The van der Waals surface area contributed by atoms with Crippen LogP contribution in [0.1, 0.15) is 101 Å². The van der Waals surface area contributed by atoms with Crippen LogP contribution in [0.5, 0.6) is 5.75 Å². The Morgan fingerprint density at radius 3 is 1.00 bits per heavy atom. The van der Waals surface area contributed by atoms with Crippen LogP contribution in [0.2, 0.25) is 0 Å². The van der Waals surface area contributed by atoms with Gasteiger partial charge in [-0.25, -0.2) is 0 Å². The first-order valence-corrected chi connectivity index (χ1v) is 18.7. The molecule has 0 spiro atoms. The summed E-state index contributed by atoms with van der Waals surface area (Å²) in [5, 5.41) is 0. The number of hydrogen-bond acceptors (Lipinski definition) is 10. The van der Waals surface area contributed by atoms with Crippen LogP contribution in [-0.2, 0) is 37.9 Å². The molecule has 0 atom stereocenters. The van der Waals surface area contributed by atoms with E-state index in [1.54, 1.807) is 24.3 Å². The summed E-state index contributed by atoms with van der Waals surface area (Å²) in [7, 11) is 0. The van der Waals surface area contributed by atoms with E-state index >= 15 is 0 Å². The Morgan fingerprint density at radius 1 is 0.375 bits per heavy atom. The predicted octanol–water partition coefficient (Wildman–Crippen LogP) is 7.10. The first-order valence-electron chi connectivity index (χ1n) is 18.7. The van der Waals surface area contributed by atoms with Gasteiger partial charge in [-0.15, -0.1) is 0 Å². The number of benzene rings is 1. The van der Waals surface area contributed by atoms with Gasteiger partial charge in [0.05, 0.1) is 99.1 Å². The Bertz CT molecular complexity index is 764. The van der Waals surface area contributed by atoms with E-state index in [0.29, 0.717) is 117 Å². The van der Waals surface area contributed by atoms with Gasteiger partial charge in [0, 0.05) is 12.2 Å². The first kappa shape index (κ1) is 44.4. The van der Waals surface area contributed by atoms with E-state index in [0.717, 1.165) is 19.3 Å². The lowest BCUT2D eigenvalue weighted by atomic mass is 10.0. The molecule has 10 heteroatoms. The molecule has 0 saturated carbocycles. The van der Waals surface area contributed by atoms with Crippen molar-refractivity contribution >= 4 is 6.29 Å². The van der Waals surface area contributed by atoms with E-state index in [1.807, 2.05) is 0 Å². The van der Waals surface area contributed by atoms with Gasteiger partial charge in [0.2, 0.25) is 0 Å². The summed E-state index contributed by atoms with van der Waals surface area (Å²) < 4.78 is 49.8. The lowest BCUT2D eigenvalue weighted by molar-refractivity contribution is -0.0236. The average molecular weight is 685 g/mol. The molecular weight excluding hydrogens is 616 g/mol. The van der Waals surface area contributed by atoms with E-state index < -0.39 is 0 Å². The monoisotopic (exact) mass is 684 g/mol. The largest absolute Gasteiger partial charge is 0.491 e. The molecule has 0 amide bonds. The van der Waals surface area contributed by atoms with Crippen LogP contribution in [0.3, 0.4) is 0 Å². The molecule has 1 aromatic carbocycles. The van der Waals surface area contributed by atoms with Gasteiger partial charge in [-0.2, -0.15) is 0 Å². The molecule has 280 valence electrons. The van der Waals surface area contributed by atoms with Crippen molar-refractivity contribution in [2.45, 2.75) is 90.4 Å². The van der Waals surface area contributed by atoms with Crippen LogP contribution in [0.15, 0.2) is 24.3 Å². The molecule has 0 saturated heterocycles. The molecule has 1 aromatic rings. The molecule has 0 aliphatic rings. The van der Waals surface area contributed by atoms with Crippen LogP contribution in [-0.4, -0.2) is 119 Å². The molecule has 0 N–H and O–H groups in total. The fourth-order valence-corrected chi connectivity index (χ4v) is 4.72. The van der Waals surface area contributed by atoms with Crippen molar-refractivity contribution in [3.63, 3.8) is 0 Å². The fraction of sp³-hybridized carbons (Fsp3) is 0.816. The van der Waals surface area contributed by atoms with E-state index in [-0.39, 0.29) is 0 Å². The van der Waals surface area contributed by atoms with Crippen molar-refractivity contribution < 1.29 is 47.4 Å². The zero-order valence-electron chi connectivity index (χ0n) is 30.2. The van der Waals surface area contributed by atoms with Crippen LogP contribution < -0.4 is 4.74 Å². The molecule has 0 aliphatic heterocycles. The molecule has 1 rings (SSSR count). The molecule has 0 aromatic heterocycles. The summed E-state index contributed by atoms with van der Waals surface area (Å²) in [4.78, 5) is 10.6. The second-order valence-electron chi connectivity index (χ2n) is 11.7. The second kappa shape index (κ2) is 38.2. The SMILES string of the molecule is CCCCCCCCCCCCCCCOCCOCCOCCOCCOCCOCCOCCOCCOc1ccc(C=O)cc1. The first-order chi connectivity index (χ1) is 23.9. The van der Waals surface area contributed by atoms with Gasteiger partial charge < -0.3 is 42.6 Å². The van der Waals surface area contributed by atoms with Crippen LogP contribution >= 0.6 is 0 Å². The Morgan fingerprint density at radius 2 is 0.667 bits per heavy atom. The van der Waals surface area contributed by atoms with Crippen LogP contribution in [0.25, 0.3) is 0 Å². The number of hydrogen-bond donors (Lipinski definition) is 0. The number of carbonyl (C=O) groups excluding carboxylic acids is 1. The number of ether oxygens (including phenoxy) is 9. The molecule has 0 bridgehead atoms. The maximum absolute atomic E-state index is 10.6. The van der Waals surface area contributed by atoms with E-state index in [1.165, 1.54) is 77.0 Å². The van der Waals surface area contributed by atoms with Gasteiger partial charge in [-0.3, -0.25) is 4.79 Å². The summed E-state index contributed by atoms with van der Waals surface area (Å²) >= 11 is 0. The molecule has 0 aliphatic carbocycles. The minimum Gasteiger partial charge on any atom is -0.491 e. The molecule has 48 heavy (non-hydrogen) atoms. The van der Waals surface area contributed by atoms with Crippen LogP contribution in [0, 0.1) is 0 Å². The Hall–Kier alpha value is -1.63. The standard InChI is InChI=1S/C38H68O10/c1-2-3-4-5-6-7-8-9-10-11-12-13-14-19-40-20-21-41-22-23-42-24-25-43-26-27-44-28-29-45-30-31-46-32-33-47-34-35-48-38-17-15-37(36-39)16-18-38/h15-18,36H,2-14,19-35H2,1H3. The molecule has 0 heterocycles. The highest BCUT2D eigenvalue weighted by molar-refractivity contribution is 5.74. The minimum atomic E-state index is 0.438. The van der Waals surface area contributed by atoms with Crippen LogP contribution in [0.4, 0.5) is 0 Å². The Kier molecular flexibility index (Phi) is 35.3. The zero-order valence-corrected chi connectivity index (χ0v) is 30.2. The lowest BCUT2D eigenvalue weighted by Crippen LogP contribution is -2.15. The summed E-state index contributed by atoms with van der Waals surface area (Å²) in [6.45, 7) is 11.6. The minimum absolute atomic E-state index is 0.438. The number of unbranched alkanes of at least 4 members (excludes halogenated alkanes) is 12. The number of carbonyl (C=O) groups is 1. The van der Waals surface area contributed by atoms with Gasteiger partial charge in [-0.1, -0.05) is 84.0 Å². The fourth-order valence-electron chi connectivity index (χ4n) is 4.72. The van der Waals surface area contributed by atoms with Crippen molar-refractivity contribution in [1.82, 2.24) is 0 Å². The van der Waals surface area contributed by atoms with Crippen molar-refractivity contribution in [3.8, 4) is 5.75 Å². The molecule has 0 radical (unpaired) electrons. The molecule has 0 unspecified atom stereocenters. The van der Waals surface area contributed by atoms with Gasteiger partial charge >= 0.3 is 0 Å². The topological polar surface area (TPSA) is 100 Å². The van der Waals surface area contributed by atoms with Crippen molar-refractivity contribution in [2.75, 3.05) is 112 Å². The van der Waals surface area contributed by atoms with E-state index in [9.17, 15) is 4.79 Å². The third kappa shape index (κ3) is 32.9. The maximum atomic E-state index is 10.6. The smallest absolute Gasteiger partial charge is 0.150 e. The highest BCUT2D eigenvalue weighted by atomic mass is 16.6. The second-order valence-corrected chi connectivity index (χ2v) is 11.7. The van der Waals surface area contributed by atoms with Crippen molar-refractivity contribution in [3.05, 3.63) is 29.8 Å². The number of rotatable bonds is 40. The van der Waals surface area contributed by atoms with Crippen molar-refractivity contribution in [2.24, 2.45) is 0 Å². The maximum Gasteiger partial charge on any atom is 0.150 e. The van der Waals surface area contributed by atoms with E-state index in [4.69, 9.17) is 42.6 Å². The summed E-state index contributed by atoms with van der Waals surface area (Å²) in [6, 6.07) is 6.96. The zero-order chi connectivity index (χ0) is 34.3. The normalized spacial score (nSPS) is 11.4. The average Bonchev–Trinajstić information content (AvgIpc) is 3.11. The summed E-state index contributed by atoms with van der Waals surface area (Å²) in [5.41, 5.74) is 0.624. The highest BCUT2D eigenvalue weighted by Crippen LogP contribution is 2.13. The lowest BCUT2D eigenvalue weighted by Gasteiger charge is -2.09. The Balaban J connectivity index is 1.63. The summed E-state index contributed by atoms with van der Waals surface area (Å²) in [5.74, 6) is 0.711. The quantitative estimate of drug-likeness (QED) is 0.0526. The van der Waals surface area contributed by atoms with Gasteiger partial charge in [0.1, 0.15) is 18.6 Å². The van der Waals surface area contributed by atoms with Gasteiger partial charge in [-0.05, 0) is 30.7 Å². The molecule has 0 fully saturated rings. The van der Waals surface area contributed by atoms with E-state index in [2.05, 4.69) is 6.92 Å².